The zero-order valence-corrected chi connectivity index (χ0v) is 8.64. The lowest BCUT2D eigenvalue weighted by Crippen LogP contribution is -2.26. The maximum atomic E-state index is 6.14. The Hall–Kier alpha value is -0.670. The average molecular weight is 210 g/mol. The van der Waals surface area contributed by atoms with Crippen molar-refractivity contribution in [2.45, 2.75) is 31.7 Å². The number of halogens is 1. The van der Waals surface area contributed by atoms with E-state index in [1.807, 2.05) is 0 Å². The third-order valence-electron chi connectivity index (χ3n) is 2.85. The molecule has 0 unspecified atom stereocenters. The van der Waals surface area contributed by atoms with Gasteiger partial charge in [-0.3, -0.25) is 0 Å². The molecule has 0 atom stereocenters. The lowest BCUT2D eigenvalue weighted by Gasteiger charge is -2.17. The molecule has 1 aliphatic carbocycles. The second kappa shape index (κ2) is 3.17. The van der Waals surface area contributed by atoms with Crippen LogP contribution in [0.25, 0.3) is 0 Å². The number of fused-ring (bicyclic) bond motifs is 1. The summed E-state index contributed by atoms with van der Waals surface area (Å²) in [6, 6.07) is 0. The molecule has 1 saturated carbocycles. The highest BCUT2D eigenvalue weighted by atomic mass is 35.5. The molecule has 3 rings (SSSR count). The van der Waals surface area contributed by atoms with Crippen molar-refractivity contribution in [3.8, 4) is 0 Å². The van der Waals surface area contributed by atoms with Crippen molar-refractivity contribution in [3.05, 3.63) is 22.2 Å². The summed E-state index contributed by atoms with van der Waals surface area (Å²) >= 11 is 6.14. The first-order chi connectivity index (χ1) is 6.84. The maximum absolute atomic E-state index is 6.14. The summed E-state index contributed by atoms with van der Waals surface area (Å²) in [7, 11) is 0. The molecule has 0 bridgehead atoms. The van der Waals surface area contributed by atoms with Gasteiger partial charge >= 0.3 is 0 Å². The number of aromatic nitrogens is 2. The first kappa shape index (κ1) is 8.62. The van der Waals surface area contributed by atoms with Gasteiger partial charge in [0, 0.05) is 18.0 Å². The molecule has 0 radical (unpaired) electrons. The van der Waals surface area contributed by atoms with Crippen LogP contribution >= 0.6 is 11.6 Å². The molecular weight excluding hydrogens is 198 g/mol. The van der Waals surface area contributed by atoms with Crippen molar-refractivity contribution in [2.75, 3.05) is 6.54 Å². The summed E-state index contributed by atoms with van der Waals surface area (Å²) in [4.78, 5) is 8.95. The zero-order valence-electron chi connectivity index (χ0n) is 7.89. The van der Waals surface area contributed by atoms with Crippen molar-refractivity contribution in [2.24, 2.45) is 0 Å². The Balaban J connectivity index is 2.06. The zero-order chi connectivity index (χ0) is 9.54. The summed E-state index contributed by atoms with van der Waals surface area (Å²) in [5, 5.41) is 3.98. The lowest BCUT2D eigenvalue weighted by atomic mass is 10.1. The molecule has 2 heterocycles. The van der Waals surface area contributed by atoms with E-state index in [-0.39, 0.29) is 0 Å². The van der Waals surface area contributed by atoms with Gasteiger partial charge in [-0.15, -0.1) is 0 Å². The molecule has 4 heteroatoms. The van der Waals surface area contributed by atoms with E-state index in [0.29, 0.717) is 11.1 Å². The van der Waals surface area contributed by atoms with E-state index in [1.54, 1.807) is 0 Å². The van der Waals surface area contributed by atoms with E-state index in [9.17, 15) is 0 Å². The van der Waals surface area contributed by atoms with Crippen LogP contribution in [0.1, 0.15) is 35.8 Å². The Morgan fingerprint density at radius 3 is 2.93 bits per heavy atom. The molecule has 1 aromatic heterocycles. The van der Waals surface area contributed by atoms with Gasteiger partial charge < -0.3 is 5.32 Å². The quantitative estimate of drug-likeness (QED) is 0.715. The van der Waals surface area contributed by atoms with Crippen LogP contribution in [0.15, 0.2) is 0 Å². The molecule has 0 aromatic carbocycles. The van der Waals surface area contributed by atoms with Gasteiger partial charge in [0.25, 0.3) is 0 Å². The van der Waals surface area contributed by atoms with Crippen LogP contribution in [0.3, 0.4) is 0 Å². The number of hydrogen-bond acceptors (Lipinski definition) is 3. The minimum Gasteiger partial charge on any atom is -0.311 e. The highest BCUT2D eigenvalue weighted by Gasteiger charge is 2.28. The van der Waals surface area contributed by atoms with E-state index in [2.05, 4.69) is 15.3 Å². The monoisotopic (exact) mass is 209 g/mol. The molecule has 1 aliphatic heterocycles. The summed E-state index contributed by atoms with van der Waals surface area (Å²) in [5.41, 5.74) is 2.26. The van der Waals surface area contributed by atoms with Gasteiger partial charge in [0.05, 0.1) is 5.69 Å². The molecule has 74 valence electrons. The Kier molecular flexibility index (Phi) is 1.96. The topological polar surface area (TPSA) is 37.8 Å². The van der Waals surface area contributed by atoms with Crippen LogP contribution in [-0.2, 0) is 13.0 Å². The molecule has 1 N–H and O–H groups in total. The van der Waals surface area contributed by atoms with Crippen LogP contribution < -0.4 is 5.32 Å². The fourth-order valence-corrected chi connectivity index (χ4v) is 2.15. The SMILES string of the molecule is Clc1nc(C2CC2)nc2c1CCNC2. The van der Waals surface area contributed by atoms with Gasteiger partial charge in [-0.25, -0.2) is 9.97 Å². The minimum absolute atomic E-state index is 0.583. The molecule has 0 amide bonds. The Labute approximate surface area is 87.9 Å². The van der Waals surface area contributed by atoms with E-state index >= 15 is 0 Å². The third-order valence-corrected chi connectivity index (χ3v) is 3.16. The molecule has 1 fully saturated rings. The van der Waals surface area contributed by atoms with Crippen molar-refractivity contribution < 1.29 is 0 Å². The summed E-state index contributed by atoms with van der Waals surface area (Å²) < 4.78 is 0. The fraction of sp³-hybridized carbons (Fsp3) is 0.600. The van der Waals surface area contributed by atoms with E-state index in [1.165, 1.54) is 12.8 Å². The number of hydrogen-bond donors (Lipinski definition) is 1. The average Bonchev–Trinajstić information content (AvgIpc) is 3.01. The Morgan fingerprint density at radius 1 is 1.29 bits per heavy atom. The molecular formula is C10H12ClN3. The van der Waals surface area contributed by atoms with Gasteiger partial charge in [-0.2, -0.15) is 0 Å². The molecule has 2 aliphatic rings. The second-order valence-corrected chi connectivity index (χ2v) is 4.36. The summed E-state index contributed by atoms with van der Waals surface area (Å²) in [6.07, 6.45) is 3.41. The van der Waals surface area contributed by atoms with Crippen LogP contribution in [0.4, 0.5) is 0 Å². The summed E-state index contributed by atoms with van der Waals surface area (Å²) in [6.45, 7) is 1.83. The Morgan fingerprint density at radius 2 is 2.14 bits per heavy atom. The molecule has 14 heavy (non-hydrogen) atoms. The fourth-order valence-electron chi connectivity index (χ4n) is 1.86. The van der Waals surface area contributed by atoms with Crippen LogP contribution in [0, 0.1) is 0 Å². The van der Waals surface area contributed by atoms with Crippen LogP contribution in [0.5, 0.6) is 0 Å². The first-order valence-corrected chi connectivity index (χ1v) is 5.48. The largest absolute Gasteiger partial charge is 0.311 e. The number of nitrogens with one attached hydrogen (secondary N) is 1. The van der Waals surface area contributed by atoms with Gasteiger partial charge in [0.2, 0.25) is 0 Å². The van der Waals surface area contributed by atoms with Gasteiger partial charge in [-0.05, 0) is 25.8 Å². The van der Waals surface area contributed by atoms with Crippen molar-refractivity contribution in [1.82, 2.24) is 15.3 Å². The predicted octanol–water partition coefficient (Wildman–Crippen LogP) is 1.65. The summed E-state index contributed by atoms with van der Waals surface area (Å²) in [5.74, 6) is 1.54. The lowest BCUT2D eigenvalue weighted by molar-refractivity contribution is 0.617. The first-order valence-electron chi connectivity index (χ1n) is 5.10. The Bertz CT molecular complexity index is 374. The van der Waals surface area contributed by atoms with E-state index < -0.39 is 0 Å². The van der Waals surface area contributed by atoms with Gasteiger partial charge in [0.15, 0.2) is 0 Å². The molecule has 0 spiro atoms. The minimum atomic E-state index is 0.583. The van der Waals surface area contributed by atoms with E-state index in [0.717, 1.165) is 36.6 Å². The predicted molar refractivity (Wildman–Crippen MR) is 54.4 cm³/mol. The highest BCUT2D eigenvalue weighted by molar-refractivity contribution is 6.30. The number of rotatable bonds is 1. The smallest absolute Gasteiger partial charge is 0.136 e. The molecule has 3 nitrogen and oxygen atoms in total. The number of nitrogens with zero attached hydrogens (tertiary/aromatic N) is 2. The molecule has 1 aromatic rings. The molecule has 0 saturated heterocycles. The van der Waals surface area contributed by atoms with Crippen LogP contribution in [-0.4, -0.2) is 16.5 Å². The second-order valence-electron chi connectivity index (χ2n) is 4.00. The van der Waals surface area contributed by atoms with Crippen LogP contribution in [0.2, 0.25) is 5.15 Å². The van der Waals surface area contributed by atoms with Crippen molar-refractivity contribution in [3.63, 3.8) is 0 Å². The van der Waals surface area contributed by atoms with Crippen molar-refractivity contribution >= 4 is 11.6 Å². The van der Waals surface area contributed by atoms with Crippen molar-refractivity contribution in [1.29, 1.82) is 0 Å². The van der Waals surface area contributed by atoms with E-state index in [4.69, 9.17) is 11.6 Å². The van der Waals surface area contributed by atoms with Gasteiger partial charge in [0.1, 0.15) is 11.0 Å². The van der Waals surface area contributed by atoms with Gasteiger partial charge in [-0.1, -0.05) is 11.6 Å². The normalized spacial score (nSPS) is 20.6. The standard InChI is InChI=1S/C10H12ClN3/c11-9-7-3-4-12-5-8(7)13-10(14-9)6-1-2-6/h6,12H,1-5H2. The maximum Gasteiger partial charge on any atom is 0.136 e. The highest BCUT2D eigenvalue weighted by Crippen LogP contribution is 2.39. The third kappa shape index (κ3) is 1.41.